The Morgan fingerprint density at radius 1 is 1.15 bits per heavy atom. The van der Waals surface area contributed by atoms with Gasteiger partial charge in [0.05, 0.1) is 6.04 Å². The minimum Gasteiger partial charge on any atom is -0.454 e. The Kier molecular flexibility index (Phi) is 4.25. The molecule has 0 radical (unpaired) electrons. The van der Waals surface area contributed by atoms with Crippen LogP contribution in [0.4, 0.5) is 5.69 Å². The predicted octanol–water partition coefficient (Wildman–Crippen LogP) is 3.68. The topological polar surface area (TPSA) is 68.3 Å². The molecule has 1 amide bonds. The Balaban J connectivity index is 2.19. The Bertz CT molecular complexity index is 600. The van der Waals surface area contributed by atoms with Crippen molar-refractivity contribution < 1.29 is 9.21 Å². The summed E-state index contributed by atoms with van der Waals surface area (Å²) in [4.78, 5) is 12.2. The molecule has 1 aromatic carbocycles. The smallest absolute Gasteiger partial charge is 0.291 e. The molecule has 3 N–H and O–H groups in total. The minimum atomic E-state index is -0.259. The Morgan fingerprint density at radius 3 is 2.45 bits per heavy atom. The number of anilines is 1. The number of benzene rings is 1. The highest BCUT2D eigenvalue weighted by Gasteiger charge is 2.15. The molecule has 0 fully saturated rings. The van der Waals surface area contributed by atoms with Gasteiger partial charge < -0.3 is 15.5 Å². The second kappa shape index (κ2) is 5.92. The van der Waals surface area contributed by atoms with E-state index >= 15 is 0 Å². The van der Waals surface area contributed by atoms with E-state index in [-0.39, 0.29) is 17.7 Å². The van der Waals surface area contributed by atoms with E-state index in [0.29, 0.717) is 11.7 Å². The van der Waals surface area contributed by atoms with Crippen molar-refractivity contribution in [3.8, 4) is 0 Å². The Hall–Kier alpha value is -2.07. The van der Waals surface area contributed by atoms with Crippen molar-refractivity contribution in [3.05, 3.63) is 53.5 Å². The van der Waals surface area contributed by atoms with E-state index in [2.05, 4.69) is 19.2 Å². The maximum Gasteiger partial charge on any atom is 0.291 e. The van der Waals surface area contributed by atoms with Crippen LogP contribution in [-0.4, -0.2) is 5.91 Å². The van der Waals surface area contributed by atoms with Crippen molar-refractivity contribution in [2.24, 2.45) is 5.73 Å². The van der Waals surface area contributed by atoms with Crippen molar-refractivity contribution in [1.82, 2.24) is 0 Å². The fraction of sp³-hybridized carbons (Fsp3) is 0.312. The number of hydrogen-bond acceptors (Lipinski definition) is 3. The van der Waals surface area contributed by atoms with Gasteiger partial charge in [0.25, 0.3) is 5.91 Å². The van der Waals surface area contributed by atoms with Gasteiger partial charge in [-0.2, -0.15) is 0 Å². The van der Waals surface area contributed by atoms with Gasteiger partial charge in [-0.25, -0.2) is 0 Å². The zero-order valence-electron chi connectivity index (χ0n) is 12.0. The lowest BCUT2D eigenvalue weighted by Crippen LogP contribution is -2.13. The van der Waals surface area contributed by atoms with E-state index in [1.165, 1.54) is 0 Å². The summed E-state index contributed by atoms with van der Waals surface area (Å²) in [6, 6.07) is 10.9. The lowest BCUT2D eigenvalue weighted by Gasteiger charge is -2.12. The van der Waals surface area contributed by atoms with Crippen LogP contribution in [0.25, 0.3) is 0 Å². The molecular formula is C16H20N2O2. The normalized spacial score (nSPS) is 12.4. The Labute approximate surface area is 119 Å². The summed E-state index contributed by atoms with van der Waals surface area (Å²) in [6.45, 7) is 5.99. The molecule has 20 heavy (non-hydrogen) atoms. The first-order valence-electron chi connectivity index (χ1n) is 6.74. The number of amides is 1. The molecule has 0 saturated heterocycles. The van der Waals surface area contributed by atoms with Crippen LogP contribution in [0.5, 0.6) is 0 Å². The van der Waals surface area contributed by atoms with Crippen molar-refractivity contribution >= 4 is 11.6 Å². The molecular weight excluding hydrogens is 252 g/mol. The van der Waals surface area contributed by atoms with Crippen molar-refractivity contribution in [2.45, 2.75) is 32.7 Å². The summed E-state index contributed by atoms with van der Waals surface area (Å²) >= 11 is 0. The third kappa shape index (κ3) is 3.08. The van der Waals surface area contributed by atoms with Crippen LogP contribution in [-0.2, 0) is 0 Å². The van der Waals surface area contributed by atoms with Crippen LogP contribution in [0.3, 0.4) is 0 Å². The van der Waals surface area contributed by atoms with Gasteiger partial charge in [0, 0.05) is 5.69 Å². The zero-order chi connectivity index (χ0) is 14.7. The first-order valence-corrected chi connectivity index (χ1v) is 6.74. The summed E-state index contributed by atoms with van der Waals surface area (Å²) < 4.78 is 5.44. The zero-order valence-corrected chi connectivity index (χ0v) is 12.0. The molecule has 0 bridgehead atoms. The number of furan rings is 1. The quantitative estimate of drug-likeness (QED) is 0.892. The highest BCUT2D eigenvalue weighted by molar-refractivity contribution is 6.02. The van der Waals surface area contributed by atoms with E-state index in [4.69, 9.17) is 10.2 Å². The van der Waals surface area contributed by atoms with Gasteiger partial charge in [0.2, 0.25) is 0 Å². The molecule has 1 atom stereocenters. The monoisotopic (exact) mass is 272 g/mol. The van der Waals surface area contributed by atoms with Crippen LogP contribution in [0.1, 0.15) is 54.6 Å². The summed E-state index contributed by atoms with van der Waals surface area (Å²) in [7, 11) is 0. The standard InChI is InChI=1S/C16H20N2O2/c1-10(2)12-6-4-5-7-13(12)18-16(19)15-9-8-14(20-15)11(3)17/h4-11H,17H2,1-3H3,(H,18,19). The lowest BCUT2D eigenvalue weighted by atomic mass is 10.0. The van der Waals surface area contributed by atoms with Crippen LogP contribution >= 0.6 is 0 Å². The van der Waals surface area contributed by atoms with Crippen LogP contribution < -0.4 is 11.1 Å². The molecule has 4 heteroatoms. The molecule has 2 aromatic rings. The van der Waals surface area contributed by atoms with Crippen LogP contribution in [0.2, 0.25) is 0 Å². The van der Waals surface area contributed by atoms with Crippen molar-refractivity contribution in [3.63, 3.8) is 0 Å². The lowest BCUT2D eigenvalue weighted by molar-refractivity contribution is 0.0994. The number of hydrogen-bond donors (Lipinski definition) is 2. The van der Waals surface area contributed by atoms with E-state index in [1.807, 2.05) is 31.2 Å². The molecule has 0 spiro atoms. The number of para-hydroxylation sites is 1. The number of nitrogens with two attached hydrogens (primary N) is 1. The van der Waals surface area contributed by atoms with Gasteiger partial charge >= 0.3 is 0 Å². The molecule has 0 aliphatic heterocycles. The molecule has 0 saturated carbocycles. The van der Waals surface area contributed by atoms with Gasteiger partial charge in [-0.1, -0.05) is 32.0 Å². The molecule has 1 aromatic heterocycles. The van der Waals surface area contributed by atoms with Gasteiger partial charge in [0.1, 0.15) is 5.76 Å². The second-order valence-corrected chi connectivity index (χ2v) is 5.19. The number of carbonyl (C=O) groups is 1. The molecule has 1 heterocycles. The maximum atomic E-state index is 12.2. The van der Waals surface area contributed by atoms with Crippen LogP contribution in [0.15, 0.2) is 40.8 Å². The first-order chi connectivity index (χ1) is 9.49. The summed E-state index contributed by atoms with van der Waals surface area (Å²) in [5.74, 6) is 0.955. The SMILES string of the molecule is CC(C)c1ccccc1NC(=O)c1ccc(C(C)N)o1. The largest absolute Gasteiger partial charge is 0.454 e. The fourth-order valence-corrected chi connectivity index (χ4v) is 2.02. The third-order valence-electron chi connectivity index (χ3n) is 3.13. The van der Waals surface area contributed by atoms with Crippen molar-refractivity contribution in [2.75, 3.05) is 5.32 Å². The summed E-state index contributed by atoms with van der Waals surface area (Å²) in [5.41, 5.74) is 7.63. The van der Waals surface area contributed by atoms with E-state index in [1.54, 1.807) is 12.1 Å². The van der Waals surface area contributed by atoms with Gasteiger partial charge in [-0.15, -0.1) is 0 Å². The highest BCUT2D eigenvalue weighted by atomic mass is 16.4. The predicted molar refractivity (Wildman–Crippen MR) is 79.8 cm³/mol. The van der Waals surface area contributed by atoms with Gasteiger partial charge in [-0.05, 0) is 36.6 Å². The highest BCUT2D eigenvalue weighted by Crippen LogP contribution is 2.24. The summed E-state index contributed by atoms with van der Waals surface area (Å²) in [5, 5.41) is 2.89. The molecule has 4 nitrogen and oxygen atoms in total. The molecule has 0 aliphatic carbocycles. The summed E-state index contributed by atoms with van der Waals surface area (Å²) in [6.07, 6.45) is 0. The van der Waals surface area contributed by atoms with Gasteiger partial charge in [-0.3, -0.25) is 4.79 Å². The maximum absolute atomic E-state index is 12.2. The van der Waals surface area contributed by atoms with E-state index in [0.717, 1.165) is 11.3 Å². The first kappa shape index (κ1) is 14.3. The minimum absolute atomic E-state index is 0.223. The van der Waals surface area contributed by atoms with E-state index < -0.39 is 0 Å². The molecule has 0 aliphatic rings. The Morgan fingerprint density at radius 2 is 1.85 bits per heavy atom. The number of rotatable bonds is 4. The molecule has 1 unspecified atom stereocenters. The second-order valence-electron chi connectivity index (χ2n) is 5.19. The van der Waals surface area contributed by atoms with E-state index in [9.17, 15) is 4.79 Å². The third-order valence-corrected chi connectivity index (χ3v) is 3.13. The average Bonchev–Trinajstić information content (AvgIpc) is 2.89. The number of nitrogens with one attached hydrogen (secondary N) is 1. The van der Waals surface area contributed by atoms with Crippen molar-refractivity contribution in [1.29, 1.82) is 0 Å². The van der Waals surface area contributed by atoms with Crippen LogP contribution in [0, 0.1) is 0 Å². The molecule has 2 rings (SSSR count). The fourth-order valence-electron chi connectivity index (χ4n) is 2.02. The van der Waals surface area contributed by atoms with Gasteiger partial charge in [0.15, 0.2) is 5.76 Å². The molecule has 106 valence electrons. The number of carbonyl (C=O) groups excluding carboxylic acids is 1. The average molecular weight is 272 g/mol.